The maximum absolute atomic E-state index is 11.4. The van der Waals surface area contributed by atoms with Crippen molar-refractivity contribution in [3.63, 3.8) is 0 Å². The van der Waals surface area contributed by atoms with E-state index in [1.165, 1.54) is 10.9 Å². The van der Waals surface area contributed by atoms with E-state index >= 15 is 0 Å². The van der Waals surface area contributed by atoms with Crippen LogP contribution in [0.25, 0.3) is 0 Å². The fourth-order valence-corrected chi connectivity index (χ4v) is 1.42. The van der Waals surface area contributed by atoms with Crippen molar-refractivity contribution in [2.24, 2.45) is 0 Å². The van der Waals surface area contributed by atoms with Gasteiger partial charge in [0, 0.05) is 12.1 Å². The first-order chi connectivity index (χ1) is 8.48. The molecular formula is C10H15N5O3. The number of amides is 2. The largest absolute Gasteiger partial charge is 0.476 e. The minimum absolute atomic E-state index is 0.0478. The number of nitrogens with zero attached hydrogens (tertiary/aromatic N) is 3. The molecule has 1 fully saturated rings. The van der Waals surface area contributed by atoms with Crippen molar-refractivity contribution in [3.8, 4) is 0 Å². The average molecular weight is 253 g/mol. The quantitative estimate of drug-likeness (QED) is 0.675. The molecule has 0 unspecified atom stereocenters. The first-order valence-corrected chi connectivity index (χ1v) is 5.68. The van der Waals surface area contributed by atoms with Gasteiger partial charge in [0.1, 0.15) is 0 Å². The summed E-state index contributed by atoms with van der Waals surface area (Å²) in [7, 11) is 0. The predicted octanol–water partition coefficient (Wildman–Crippen LogP) is -0.172. The van der Waals surface area contributed by atoms with E-state index in [9.17, 15) is 9.59 Å². The van der Waals surface area contributed by atoms with Gasteiger partial charge in [0.2, 0.25) is 0 Å². The maximum Gasteiger partial charge on any atom is 0.358 e. The predicted molar refractivity (Wildman–Crippen MR) is 61.2 cm³/mol. The summed E-state index contributed by atoms with van der Waals surface area (Å²) in [5.41, 5.74) is -0.154. The maximum atomic E-state index is 11.4. The number of carbonyl (C=O) groups excluding carboxylic acids is 1. The Morgan fingerprint density at radius 2 is 2.28 bits per heavy atom. The van der Waals surface area contributed by atoms with Crippen LogP contribution in [0, 0.1) is 0 Å². The number of aromatic carboxylic acids is 1. The first kappa shape index (κ1) is 12.3. The summed E-state index contributed by atoms with van der Waals surface area (Å²) in [4.78, 5) is 22.0. The van der Waals surface area contributed by atoms with Crippen LogP contribution in [-0.2, 0) is 6.54 Å². The lowest BCUT2D eigenvalue weighted by atomic mass is 10.3. The van der Waals surface area contributed by atoms with Crippen LogP contribution in [-0.4, -0.2) is 44.2 Å². The van der Waals surface area contributed by atoms with Crippen molar-refractivity contribution in [2.75, 3.05) is 6.54 Å². The van der Waals surface area contributed by atoms with Gasteiger partial charge in [-0.05, 0) is 19.8 Å². The topological polar surface area (TPSA) is 109 Å². The second-order valence-electron chi connectivity index (χ2n) is 4.61. The molecule has 0 aliphatic heterocycles. The molecule has 1 aliphatic carbocycles. The monoisotopic (exact) mass is 253 g/mol. The molecule has 1 heterocycles. The van der Waals surface area contributed by atoms with Gasteiger partial charge >= 0.3 is 12.0 Å². The lowest BCUT2D eigenvalue weighted by Gasteiger charge is -2.12. The number of aromatic nitrogens is 3. The fourth-order valence-electron chi connectivity index (χ4n) is 1.42. The summed E-state index contributed by atoms with van der Waals surface area (Å²) in [6.07, 6.45) is 3.33. The van der Waals surface area contributed by atoms with Gasteiger partial charge < -0.3 is 15.7 Å². The SMILES string of the molecule is CC1(NC(=O)NCCn2cc(C(=O)O)nn2)CC1. The minimum Gasteiger partial charge on any atom is -0.476 e. The summed E-state index contributed by atoms with van der Waals surface area (Å²) < 4.78 is 1.38. The van der Waals surface area contributed by atoms with E-state index in [0.29, 0.717) is 13.1 Å². The highest BCUT2D eigenvalue weighted by Gasteiger charge is 2.38. The Kier molecular flexibility index (Phi) is 3.17. The third kappa shape index (κ3) is 3.19. The highest BCUT2D eigenvalue weighted by Crippen LogP contribution is 2.33. The summed E-state index contributed by atoms with van der Waals surface area (Å²) in [5.74, 6) is -1.12. The number of carboxylic acids is 1. The van der Waals surface area contributed by atoms with E-state index in [4.69, 9.17) is 5.11 Å². The number of hydrogen-bond acceptors (Lipinski definition) is 4. The van der Waals surface area contributed by atoms with Crippen LogP contribution >= 0.6 is 0 Å². The smallest absolute Gasteiger partial charge is 0.358 e. The molecule has 98 valence electrons. The molecule has 0 radical (unpaired) electrons. The molecule has 0 spiro atoms. The van der Waals surface area contributed by atoms with E-state index in [0.717, 1.165) is 12.8 Å². The van der Waals surface area contributed by atoms with E-state index in [2.05, 4.69) is 20.9 Å². The van der Waals surface area contributed by atoms with Gasteiger partial charge in [-0.1, -0.05) is 5.21 Å². The zero-order valence-electron chi connectivity index (χ0n) is 10.0. The zero-order chi connectivity index (χ0) is 13.2. The molecule has 8 nitrogen and oxygen atoms in total. The van der Waals surface area contributed by atoms with Crippen LogP contribution in [0.15, 0.2) is 6.20 Å². The summed E-state index contributed by atoms with van der Waals surface area (Å²) in [6, 6.07) is -0.214. The van der Waals surface area contributed by atoms with Gasteiger partial charge in [0.05, 0.1) is 12.7 Å². The number of carboxylic acid groups (broad SMARTS) is 1. The Bertz CT molecular complexity index is 466. The number of nitrogens with one attached hydrogen (secondary N) is 2. The van der Waals surface area contributed by atoms with E-state index in [1.54, 1.807) is 0 Å². The van der Waals surface area contributed by atoms with Crippen molar-refractivity contribution in [3.05, 3.63) is 11.9 Å². The number of rotatable bonds is 5. The number of hydrogen-bond donors (Lipinski definition) is 3. The van der Waals surface area contributed by atoms with E-state index in [-0.39, 0.29) is 17.3 Å². The van der Waals surface area contributed by atoms with Crippen LogP contribution in [0.1, 0.15) is 30.3 Å². The molecular weight excluding hydrogens is 238 g/mol. The van der Waals surface area contributed by atoms with Crippen LogP contribution in [0.2, 0.25) is 0 Å². The van der Waals surface area contributed by atoms with E-state index in [1.807, 2.05) is 6.92 Å². The highest BCUT2D eigenvalue weighted by molar-refractivity contribution is 5.84. The fraction of sp³-hybridized carbons (Fsp3) is 0.600. The molecule has 1 saturated carbocycles. The van der Waals surface area contributed by atoms with Crippen LogP contribution in [0.5, 0.6) is 0 Å². The van der Waals surface area contributed by atoms with Crippen molar-refractivity contribution in [1.29, 1.82) is 0 Å². The lowest BCUT2D eigenvalue weighted by molar-refractivity contribution is 0.0690. The normalized spacial score (nSPS) is 16.1. The van der Waals surface area contributed by atoms with Crippen molar-refractivity contribution in [1.82, 2.24) is 25.6 Å². The Balaban J connectivity index is 1.71. The third-order valence-corrected chi connectivity index (χ3v) is 2.80. The molecule has 1 aliphatic rings. The molecule has 2 rings (SSSR count). The summed E-state index contributed by atoms with van der Waals surface area (Å²) in [6.45, 7) is 2.73. The van der Waals surface area contributed by atoms with Crippen molar-refractivity contribution in [2.45, 2.75) is 31.8 Å². The van der Waals surface area contributed by atoms with Gasteiger partial charge in [0.25, 0.3) is 0 Å². The van der Waals surface area contributed by atoms with Crippen molar-refractivity contribution < 1.29 is 14.7 Å². The molecule has 3 N–H and O–H groups in total. The second kappa shape index (κ2) is 4.63. The lowest BCUT2D eigenvalue weighted by Crippen LogP contribution is -2.43. The molecule has 0 bridgehead atoms. The Labute approximate surface area is 103 Å². The van der Waals surface area contributed by atoms with Gasteiger partial charge in [-0.25, -0.2) is 14.3 Å². The Morgan fingerprint density at radius 3 is 2.83 bits per heavy atom. The second-order valence-corrected chi connectivity index (χ2v) is 4.61. The summed E-state index contributed by atoms with van der Waals surface area (Å²) >= 11 is 0. The molecule has 1 aromatic heterocycles. The standard InChI is InChI=1S/C10H15N5O3/c1-10(2-3-10)12-9(18)11-4-5-15-6-7(8(16)17)13-14-15/h6H,2-5H2,1H3,(H,16,17)(H2,11,12,18). The summed E-state index contributed by atoms with van der Waals surface area (Å²) in [5, 5.41) is 21.3. The average Bonchev–Trinajstić information content (AvgIpc) is 2.83. The molecule has 1 aromatic rings. The van der Waals surface area contributed by atoms with Crippen LogP contribution in [0.3, 0.4) is 0 Å². The van der Waals surface area contributed by atoms with E-state index < -0.39 is 5.97 Å². The molecule has 0 saturated heterocycles. The van der Waals surface area contributed by atoms with Gasteiger partial charge in [-0.2, -0.15) is 0 Å². The van der Waals surface area contributed by atoms with Gasteiger partial charge in [-0.15, -0.1) is 5.10 Å². The molecule has 8 heteroatoms. The molecule has 0 aromatic carbocycles. The molecule has 0 atom stereocenters. The Morgan fingerprint density at radius 1 is 1.56 bits per heavy atom. The number of carbonyl (C=O) groups is 2. The van der Waals surface area contributed by atoms with Gasteiger partial charge in [0.15, 0.2) is 5.69 Å². The third-order valence-electron chi connectivity index (χ3n) is 2.80. The zero-order valence-corrected chi connectivity index (χ0v) is 10.0. The van der Waals surface area contributed by atoms with Crippen LogP contribution < -0.4 is 10.6 Å². The highest BCUT2D eigenvalue weighted by atomic mass is 16.4. The Hall–Kier alpha value is -2.12. The molecule has 18 heavy (non-hydrogen) atoms. The van der Waals surface area contributed by atoms with Crippen molar-refractivity contribution >= 4 is 12.0 Å². The van der Waals surface area contributed by atoms with Crippen LogP contribution in [0.4, 0.5) is 4.79 Å². The minimum atomic E-state index is -1.12. The van der Waals surface area contributed by atoms with Gasteiger partial charge in [-0.3, -0.25) is 0 Å². The molecule has 2 amide bonds. The first-order valence-electron chi connectivity index (χ1n) is 5.68. The number of urea groups is 1.